The smallest absolute Gasteiger partial charge is 0.223 e. The van der Waals surface area contributed by atoms with Gasteiger partial charge < -0.3 is 15.8 Å². The molecule has 0 heterocycles. The molecule has 0 bridgehead atoms. The topological polar surface area (TPSA) is 64.3 Å². The minimum Gasteiger partial charge on any atom is -0.493 e. The van der Waals surface area contributed by atoms with Gasteiger partial charge in [-0.3, -0.25) is 4.79 Å². The van der Waals surface area contributed by atoms with Crippen LogP contribution in [0.15, 0.2) is 18.2 Å². The third-order valence-electron chi connectivity index (χ3n) is 2.02. The van der Waals surface area contributed by atoms with Gasteiger partial charge in [-0.25, -0.2) is 0 Å². The summed E-state index contributed by atoms with van der Waals surface area (Å²) in [6.45, 7) is 4.15. The average molecular weight is 257 g/mol. The van der Waals surface area contributed by atoms with Crippen molar-refractivity contribution in [2.45, 2.75) is 26.3 Å². The number of nitrogens with two attached hydrogens (primary N) is 1. The van der Waals surface area contributed by atoms with Crippen molar-refractivity contribution in [3.8, 4) is 5.75 Å². The molecule has 17 heavy (non-hydrogen) atoms. The number of benzene rings is 1. The van der Waals surface area contributed by atoms with Gasteiger partial charge in [-0.1, -0.05) is 11.6 Å². The largest absolute Gasteiger partial charge is 0.493 e. The number of nitrogens with one attached hydrogen (secondary N) is 1. The molecule has 0 spiro atoms. The van der Waals surface area contributed by atoms with Gasteiger partial charge in [-0.2, -0.15) is 0 Å². The predicted octanol–water partition coefficient (Wildman–Crippen LogP) is 2.22. The Hall–Kier alpha value is -1.42. The molecule has 94 valence electrons. The molecule has 1 rings (SSSR count). The van der Waals surface area contributed by atoms with E-state index in [9.17, 15) is 4.79 Å². The number of carbonyl (C=O) groups is 1. The van der Waals surface area contributed by atoms with Gasteiger partial charge >= 0.3 is 0 Å². The van der Waals surface area contributed by atoms with Crippen LogP contribution in [0, 0.1) is 0 Å². The molecular formula is C12H17ClN2O2. The molecule has 1 aromatic rings. The van der Waals surface area contributed by atoms with Crippen LogP contribution in [0.25, 0.3) is 0 Å². The molecule has 0 radical (unpaired) electrons. The summed E-state index contributed by atoms with van der Waals surface area (Å²) < 4.78 is 5.39. The molecule has 0 aliphatic rings. The lowest BCUT2D eigenvalue weighted by molar-refractivity contribution is -0.122. The van der Waals surface area contributed by atoms with Crippen molar-refractivity contribution in [2.24, 2.45) is 0 Å². The van der Waals surface area contributed by atoms with Crippen LogP contribution >= 0.6 is 11.6 Å². The second kappa shape index (κ2) is 6.35. The zero-order chi connectivity index (χ0) is 12.8. The van der Waals surface area contributed by atoms with Gasteiger partial charge in [0.2, 0.25) is 5.91 Å². The fraction of sp³-hybridized carbons (Fsp3) is 0.417. The second-order valence-electron chi connectivity index (χ2n) is 4.00. The summed E-state index contributed by atoms with van der Waals surface area (Å²) in [4.78, 5) is 11.3. The number of rotatable bonds is 5. The summed E-state index contributed by atoms with van der Waals surface area (Å²) in [5.41, 5.74) is 6.08. The summed E-state index contributed by atoms with van der Waals surface area (Å²) in [5, 5.41) is 3.24. The van der Waals surface area contributed by atoms with Crippen LogP contribution < -0.4 is 15.8 Å². The molecule has 0 aliphatic carbocycles. The zero-order valence-electron chi connectivity index (χ0n) is 10.00. The molecular weight excluding hydrogens is 240 g/mol. The van der Waals surface area contributed by atoms with Gasteiger partial charge in [0.25, 0.3) is 0 Å². The molecule has 0 aromatic heterocycles. The quantitative estimate of drug-likeness (QED) is 0.794. The third kappa shape index (κ3) is 4.95. The van der Waals surface area contributed by atoms with E-state index < -0.39 is 0 Å². The van der Waals surface area contributed by atoms with Crippen molar-refractivity contribution < 1.29 is 9.53 Å². The Morgan fingerprint density at radius 2 is 2.24 bits per heavy atom. The Kier molecular flexibility index (Phi) is 5.10. The first-order chi connectivity index (χ1) is 7.99. The molecule has 4 nitrogen and oxygen atoms in total. The summed E-state index contributed by atoms with van der Waals surface area (Å²) in [7, 11) is 0. The van der Waals surface area contributed by atoms with Gasteiger partial charge in [-0.15, -0.1) is 0 Å². The second-order valence-corrected chi connectivity index (χ2v) is 4.41. The molecule has 3 N–H and O–H groups in total. The molecule has 5 heteroatoms. The van der Waals surface area contributed by atoms with Crippen LogP contribution in [0.2, 0.25) is 5.02 Å². The minimum atomic E-state index is -0.0264. The summed E-state index contributed by atoms with van der Waals surface area (Å²) in [5.74, 6) is 0.586. The van der Waals surface area contributed by atoms with E-state index in [0.29, 0.717) is 29.5 Å². The molecule has 0 unspecified atom stereocenters. The molecule has 1 amide bonds. The lowest BCUT2D eigenvalue weighted by Crippen LogP contribution is -2.31. The maximum Gasteiger partial charge on any atom is 0.223 e. The Morgan fingerprint density at radius 1 is 1.53 bits per heavy atom. The van der Waals surface area contributed by atoms with E-state index in [4.69, 9.17) is 22.1 Å². The highest BCUT2D eigenvalue weighted by atomic mass is 35.5. The molecule has 0 saturated carbocycles. The monoisotopic (exact) mass is 256 g/mol. The number of carbonyl (C=O) groups excluding carboxylic acids is 1. The number of halogens is 1. The molecule has 1 aromatic carbocycles. The SMILES string of the molecule is CC(C)NC(=O)CCOc1ccc(N)c(Cl)c1. The van der Waals surface area contributed by atoms with Crippen LogP contribution in [-0.2, 0) is 4.79 Å². The molecule has 0 fully saturated rings. The van der Waals surface area contributed by atoms with Crippen LogP contribution in [0.3, 0.4) is 0 Å². The Labute approximate surface area is 106 Å². The molecule has 0 aliphatic heterocycles. The molecule has 0 atom stereocenters. The lowest BCUT2D eigenvalue weighted by atomic mass is 10.3. The van der Waals surface area contributed by atoms with E-state index >= 15 is 0 Å². The first-order valence-corrected chi connectivity index (χ1v) is 5.84. The number of anilines is 1. The van der Waals surface area contributed by atoms with Crippen molar-refractivity contribution >= 4 is 23.2 Å². The van der Waals surface area contributed by atoms with E-state index in [1.54, 1.807) is 18.2 Å². The minimum absolute atomic E-state index is 0.0264. The fourth-order valence-corrected chi connectivity index (χ4v) is 1.42. The number of hydrogen-bond donors (Lipinski definition) is 2. The van der Waals surface area contributed by atoms with Crippen LogP contribution in [0.5, 0.6) is 5.75 Å². The number of amides is 1. The first kappa shape index (κ1) is 13.6. The summed E-state index contributed by atoms with van der Waals surface area (Å²) in [6.07, 6.45) is 0.320. The highest BCUT2D eigenvalue weighted by Gasteiger charge is 2.04. The van der Waals surface area contributed by atoms with Crippen molar-refractivity contribution in [3.63, 3.8) is 0 Å². The van der Waals surface area contributed by atoms with E-state index in [1.807, 2.05) is 13.8 Å². The molecule has 0 saturated heterocycles. The van der Waals surface area contributed by atoms with Gasteiger partial charge in [0, 0.05) is 12.1 Å². The van der Waals surface area contributed by atoms with Gasteiger partial charge in [-0.05, 0) is 26.0 Å². The van der Waals surface area contributed by atoms with E-state index in [0.717, 1.165) is 0 Å². The Bertz CT molecular complexity index is 394. The Morgan fingerprint density at radius 3 is 2.82 bits per heavy atom. The third-order valence-corrected chi connectivity index (χ3v) is 2.35. The zero-order valence-corrected chi connectivity index (χ0v) is 10.8. The fourth-order valence-electron chi connectivity index (χ4n) is 1.25. The van der Waals surface area contributed by atoms with Crippen LogP contribution in [-0.4, -0.2) is 18.6 Å². The van der Waals surface area contributed by atoms with Crippen molar-refractivity contribution in [2.75, 3.05) is 12.3 Å². The lowest BCUT2D eigenvalue weighted by Gasteiger charge is -2.09. The highest BCUT2D eigenvalue weighted by molar-refractivity contribution is 6.33. The maximum atomic E-state index is 11.3. The average Bonchev–Trinajstić information content (AvgIpc) is 2.22. The van der Waals surface area contributed by atoms with Crippen molar-refractivity contribution in [3.05, 3.63) is 23.2 Å². The normalized spacial score (nSPS) is 10.4. The summed E-state index contributed by atoms with van der Waals surface area (Å²) >= 11 is 5.84. The number of hydrogen-bond acceptors (Lipinski definition) is 3. The van der Waals surface area contributed by atoms with Crippen LogP contribution in [0.4, 0.5) is 5.69 Å². The highest BCUT2D eigenvalue weighted by Crippen LogP contribution is 2.24. The van der Waals surface area contributed by atoms with E-state index in [-0.39, 0.29) is 11.9 Å². The predicted molar refractivity (Wildman–Crippen MR) is 69.3 cm³/mol. The van der Waals surface area contributed by atoms with Gasteiger partial charge in [0.15, 0.2) is 0 Å². The van der Waals surface area contributed by atoms with Gasteiger partial charge in [0.05, 0.1) is 23.7 Å². The van der Waals surface area contributed by atoms with Crippen LogP contribution in [0.1, 0.15) is 20.3 Å². The summed E-state index contributed by atoms with van der Waals surface area (Å²) in [6, 6.07) is 5.18. The number of nitrogen functional groups attached to an aromatic ring is 1. The first-order valence-electron chi connectivity index (χ1n) is 5.46. The standard InChI is InChI=1S/C12H17ClN2O2/c1-8(2)15-12(16)5-6-17-9-3-4-11(14)10(13)7-9/h3-4,7-8H,5-6,14H2,1-2H3,(H,15,16). The van der Waals surface area contributed by atoms with Gasteiger partial charge in [0.1, 0.15) is 5.75 Å². The van der Waals surface area contributed by atoms with E-state index in [2.05, 4.69) is 5.32 Å². The Balaban J connectivity index is 2.36. The maximum absolute atomic E-state index is 11.3. The van der Waals surface area contributed by atoms with E-state index in [1.165, 1.54) is 0 Å². The van der Waals surface area contributed by atoms with Crippen molar-refractivity contribution in [1.29, 1.82) is 0 Å². The number of ether oxygens (including phenoxy) is 1. The van der Waals surface area contributed by atoms with Crippen molar-refractivity contribution in [1.82, 2.24) is 5.32 Å².